The van der Waals surface area contributed by atoms with E-state index >= 15 is 0 Å². The second-order valence-electron chi connectivity index (χ2n) is 4.40. The highest BCUT2D eigenvalue weighted by Crippen LogP contribution is 2.24. The van der Waals surface area contributed by atoms with Crippen molar-refractivity contribution in [3.05, 3.63) is 0 Å². The van der Waals surface area contributed by atoms with Crippen molar-refractivity contribution in [1.29, 1.82) is 0 Å². The maximum Gasteiger partial charge on any atom is 0.155 e. The summed E-state index contributed by atoms with van der Waals surface area (Å²) in [4.78, 5) is 14.3. The number of hydrogen-bond donors (Lipinski definition) is 0. The summed E-state index contributed by atoms with van der Waals surface area (Å²) in [5.41, 5.74) is -0.281. The predicted octanol–water partition coefficient (Wildman–Crippen LogP) is 2.72. The number of ketones is 1. The predicted molar refractivity (Wildman–Crippen MR) is 61.5 cm³/mol. The average Bonchev–Trinajstić information content (AvgIpc) is 2.17. The number of likely N-dealkylation sites (N-methyl/N-ethyl adjacent to an activating group) is 1. The molecule has 0 saturated heterocycles. The fourth-order valence-electron chi connectivity index (χ4n) is 1.81. The zero-order valence-corrected chi connectivity index (χ0v) is 10.6. The molecule has 0 bridgehead atoms. The van der Waals surface area contributed by atoms with E-state index in [2.05, 4.69) is 20.8 Å². The highest BCUT2D eigenvalue weighted by atomic mass is 16.1. The van der Waals surface area contributed by atoms with Gasteiger partial charge in [-0.1, -0.05) is 20.8 Å². The van der Waals surface area contributed by atoms with Crippen molar-refractivity contribution in [1.82, 2.24) is 4.90 Å². The van der Waals surface area contributed by atoms with Gasteiger partial charge < -0.3 is 0 Å². The molecule has 2 nitrogen and oxygen atoms in total. The Morgan fingerprint density at radius 2 is 1.64 bits per heavy atom. The Balaban J connectivity index is 4.76. The monoisotopic (exact) mass is 199 g/mol. The van der Waals surface area contributed by atoms with Crippen molar-refractivity contribution in [3.63, 3.8) is 0 Å². The zero-order valence-electron chi connectivity index (χ0n) is 10.6. The van der Waals surface area contributed by atoms with Crippen LogP contribution in [0.25, 0.3) is 0 Å². The van der Waals surface area contributed by atoms with E-state index in [-0.39, 0.29) is 11.5 Å². The highest BCUT2D eigenvalue weighted by Gasteiger charge is 2.36. The fraction of sp³-hybridized carbons (Fsp3) is 0.917. The first kappa shape index (κ1) is 13.6. The van der Waals surface area contributed by atoms with Crippen molar-refractivity contribution in [3.8, 4) is 0 Å². The second-order valence-corrected chi connectivity index (χ2v) is 4.40. The second kappa shape index (κ2) is 5.50. The lowest BCUT2D eigenvalue weighted by Gasteiger charge is -2.36. The molecule has 0 aromatic rings. The van der Waals surface area contributed by atoms with Crippen molar-refractivity contribution in [2.75, 3.05) is 14.1 Å². The van der Waals surface area contributed by atoms with Gasteiger partial charge in [-0.2, -0.15) is 0 Å². The standard InChI is InChI=1S/C12H25NO/c1-7-10(8-2)11(14)12(4,9-3)13(5)6/h10H,7-9H2,1-6H3. The van der Waals surface area contributed by atoms with Crippen LogP contribution in [0.15, 0.2) is 0 Å². The highest BCUT2D eigenvalue weighted by molar-refractivity contribution is 5.89. The van der Waals surface area contributed by atoms with E-state index in [0.29, 0.717) is 5.78 Å². The van der Waals surface area contributed by atoms with E-state index in [1.807, 2.05) is 25.9 Å². The summed E-state index contributed by atoms with van der Waals surface area (Å²) in [5.74, 6) is 0.623. The van der Waals surface area contributed by atoms with Crippen LogP contribution in [0, 0.1) is 5.92 Å². The van der Waals surface area contributed by atoms with Gasteiger partial charge in [-0.05, 0) is 40.3 Å². The molecule has 0 aromatic heterocycles. The largest absolute Gasteiger partial charge is 0.297 e. The molecule has 0 aromatic carbocycles. The minimum Gasteiger partial charge on any atom is -0.297 e. The maximum absolute atomic E-state index is 12.3. The van der Waals surface area contributed by atoms with Crippen molar-refractivity contribution in [2.45, 2.75) is 52.5 Å². The van der Waals surface area contributed by atoms with Gasteiger partial charge >= 0.3 is 0 Å². The first-order valence-corrected chi connectivity index (χ1v) is 5.65. The van der Waals surface area contributed by atoms with Crippen molar-refractivity contribution < 1.29 is 4.79 Å². The van der Waals surface area contributed by atoms with E-state index in [0.717, 1.165) is 19.3 Å². The molecule has 0 N–H and O–H groups in total. The summed E-state index contributed by atoms with van der Waals surface area (Å²) in [5, 5.41) is 0. The maximum atomic E-state index is 12.3. The molecular weight excluding hydrogens is 174 g/mol. The Morgan fingerprint density at radius 3 is 1.86 bits per heavy atom. The molecule has 0 amide bonds. The number of hydrogen-bond acceptors (Lipinski definition) is 2. The van der Waals surface area contributed by atoms with Gasteiger partial charge in [0.15, 0.2) is 5.78 Å². The van der Waals surface area contributed by atoms with E-state index in [1.165, 1.54) is 0 Å². The molecule has 1 unspecified atom stereocenters. The molecule has 0 aliphatic carbocycles. The molecule has 0 spiro atoms. The van der Waals surface area contributed by atoms with Crippen LogP contribution < -0.4 is 0 Å². The summed E-state index contributed by atoms with van der Waals surface area (Å²) in [6.07, 6.45) is 2.80. The van der Waals surface area contributed by atoms with Crippen LogP contribution in [0.1, 0.15) is 47.0 Å². The third-order valence-electron chi connectivity index (χ3n) is 3.56. The van der Waals surface area contributed by atoms with Crippen LogP contribution in [0.5, 0.6) is 0 Å². The zero-order chi connectivity index (χ0) is 11.4. The van der Waals surface area contributed by atoms with Gasteiger partial charge in [0.1, 0.15) is 0 Å². The van der Waals surface area contributed by atoms with E-state index < -0.39 is 0 Å². The normalized spacial score (nSPS) is 16.0. The molecule has 2 heteroatoms. The quantitative estimate of drug-likeness (QED) is 0.655. The molecule has 14 heavy (non-hydrogen) atoms. The molecule has 84 valence electrons. The van der Waals surface area contributed by atoms with Crippen LogP contribution in [-0.2, 0) is 4.79 Å². The third kappa shape index (κ3) is 2.57. The van der Waals surface area contributed by atoms with Crippen molar-refractivity contribution >= 4 is 5.78 Å². The van der Waals surface area contributed by atoms with Crippen LogP contribution >= 0.6 is 0 Å². The van der Waals surface area contributed by atoms with Crippen molar-refractivity contribution in [2.24, 2.45) is 5.92 Å². The average molecular weight is 199 g/mol. The van der Waals surface area contributed by atoms with E-state index in [4.69, 9.17) is 0 Å². The van der Waals surface area contributed by atoms with Gasteiger partial charge in [0.2, 0.25) is 0 Å². The summed E-state index contributed by atoms with van der Waals surface area (Å²) in [6, 6.07) is 0. The summed E-state index contributed by atoms with van der Waals surface area (Å²) in [6.45, 7) is 8.32. The molecular formula is C12H25NO. The molecule has 0 aliphatic rings. The van der Waals surface area contributed by atoms with Gasteiger partial charge in [0, 0.05) is 5.92 Å². The Morgan fingerprint density at radius 1 is 1.21 bits per heavy atom. The molecule has 0 aliphatic heterocycles. The minimum atomic E-state index is -0.281. The minimum absolute atomic E-state index is 0.224. The van der Waals surface area contributed by atoms with Crippen LogP contribution in [0.2, 0.25) is 0 Å². The molecule has 0 heterocycles. The number of carbonyl (C=O) groups is 1. The third-order valence-corrected chi connectivity index (χ3v) is 3.56. The molecule has 0 fully saturated rings. The van der Waals surface area contributed by atoms with Crippen LogP contribution in [0.3, 0.4) is 0 Å². The molecule has 1 atom stereocenters. The summed E-state index contributed by atoms with van der Waals surface area (Å²) >= 11 is 0. The van der Waals surface area contributed by atoms with E-state index in [9.17, 15) is 4.79 Å². The number of rotatable bonds is 6. The number of nitrogens with zero attached hydrogens (tertiary/aromatic N) is 1. The first-order valence-electron chi connectivity index (χ1n) is 5.65. The Bertz CT molecular complexity index is 185. The topological polar surface area (TPSA) is 20.3 Å². The fourth-order valence-corrected chi connectivity index (χ4v) is 1.81. The summed E-state index contributed by atoms with van der Waals surface area (Å²) < 4.78 is 0. The summed E-state index contributed by atoms with van der Waals surface area (Å²) in [7, 11) is 3.98. The lowest BCUT2D eigenvalue weighted by molar-refractivity contribution is -0.133. The van der Waals surface area contributed by atoms with Gasteiger partial charge in [0.05, 0.1) is 5.54 Å². The van der Waals surface area contributed by atoms with Gasteiger partial charge in [-0.15, -0.1) is 0 Å². The van der Waals surface area contributed by atoms with Gasteiger partial charge in [-0.25, -0.2) is 0 Å². The first-order chi connectivity index (χ1) is 6.43. The lowest BCUT2D eigenvalue weighted by atomic mass is 9.82. The molecule has 0 saturated carbocycles. The molecule has 0 radical (unpaired) electrons. The molecule has 0 rings (SSSR count). The van der Waals surface area contributed by atoms with Crippen LogP contribution in [-0.4, -0.2) is 30.3 Å². The number of Topliss-reactive ketones (excluding diaryl/α,β-unsaturated/α-hetero) is 1. The van der Waals surface area contributed by atoms with Gasteiger partial charge in [-0.3, -0.25) is 9.69 Å². The Labute approximate surface area is 88.7 Å². The number of carbonyl (C=O) groups excluding carboxylic acids is 1. The lowest BCUT2D eigenvalue weighted by Crippen LogP contribution is -2.50. The van der Waals surface area contributed by atoms with Crippen LogP contribution in [0.4, 0.5) is 0 Å². The SMILES string of the molecule is CCC(CC)C(=O)C(C)(CC)N(C)C. The Kier molecular flexibility index (Phi) is 5.35. The van der Waals surface area contributed by atoms with Gasteiger partial charge in [0.25, 0.3) is 0 Å². The Hall–Kier alpha value is -0.370. The smallest absolute Gasteiger partial charge is 0.155 e. The van der Waals surface area contributed by atoms with E-state index in [1.54, 1.807) is 0 Å².